The second-order valence-corrected chi connectivity index (χ2v) is 6.71. The molecule has 3 rings (SSSR count). The highest BCUT2D eigenvalue weighted by Crippen LogP contribution is 2.28. The monoisotopic (exact) mass is 336 g/mol. The Labute approximate surface area is 132 Å². The van der Waals surface area contributed by atoms with Crippen molar-refractivity contribution in [1.29, 1.82) is 0 Å². The zero-order valence-electron chi connectivity index (χ0n) is 11.9. The van der Waals surface area contributed by atoms with Gasteiger partial charge in [0, 0.05) is 24.8 Å². The molecule has 1 aliphatic rings. The summed E-state index contributed by atoms with van der Waals surface area (Å²) in [6, 6.07) is 10.0. The highest BCUT2D eigenvalue weighted by Gasteiger charge is 2.39. The molecule has 0 radical (unpaired) electrons. The van der Waals surface area contributed by atoms with Crippen molar-refractivity contribution in [3.05, 3.63) is 48.8 Å². The number of benzene rings is 1. The number of carbonyl (C=O) groups excluding carboxylic acids is 1. The predicted molar refractivity (Wildman–Crippen MR) is 81.5 cm³/mol. The molecular weight excluding hydrogens is 323 g/mol. The summed E-state index contributed by atoms with van der Waals surface area (Å²) in [7, 11) is -4.72. The summed E-state index contributed by atoms with van der Waals surface area (Å²) in [5.41, 5.74) is 0.500. The van der Waals surface area contributed by atoms with Crippen molar-refractivity contribution in [3.8, 4) is 11.5 Å². The first-order valence-corrected chi connectivity index (χ1v) is 8.30. The van der Waals surface area contributed by atoms with Gasteiger partial charge in [-0.05, 0) is 36.4 Å². The Kier molecular flexibility index (Phi) is 3.99. The van der Waals surface area contributed by atoms with Crippen molar-refractivity contribution in [2.24, 2.45) is 0 Å². The molecule has 1 fully saturated rings. The molecule has 0 bridgehead atoms. The molecule has 23 heavy (non-hydrogen) atoms. The van der Waals surface area contributed by atoms with Gasteiger partial charge in [0.2, 0.25) is 5.91 Å². The Bertz CT molecular complexity index is 809. The quantitative estimate of drug-likeness (QED) is 0.801. The Hall–Kier alpha value is -2.48. The van der Waals surface area contributed by atoms with E-state index in [1.807, 2.05) is 0 Å². The number of hydrogen-bond acceptors (Lipinski definition) is 5. The van der Waals surface area contributed by atoms with E-state index in [4.69, 9.17) is 4.74 Å². The molecule has 0 spiro atoms. The van der Waals surface area contributed by atoms with Gasteiger partial charge >= 0.3 is 10.2 Å². The van der Waals surface area contributed by atoms with E-state index < -0.39 is 21.4 Å². The number of ether oxygens (including phenoxy) is 1. The van der Waals surface area contributed by atoms with Crippen LogP contribution in [-0.4, -0.2) is 31.1 Å². The lowest BCUT2D eigenvalue weighted by atomic mass is 10.3. The molecule has 8 heteroatoms. The van der Waals surface area contributed by atoms with Crippen molar-refractivity contribution < 1.29 is 21.8 Å². The largest absolute Gasteiger partial charge is 0.456 e. The van der Waals surface area contributed by atoms with Crippen molar-refractivity contribution >= 4 is 21.8 Å². The SMILES string of the molecule is O=C1CC(S(=O)(=O)F)CN1c1ccc(Oc2cccnc2)cc1. The van der Waals surface area contributed by atoms with Crippen molar-refractivity contribution in [2.75, 3.05) is 11.4 Å². The molecule has 1 atom stereocenters. The van der Waals surface area contributed by atoms with Crippen molar-refractivity contribution in [1.82, 2.24) is 4.98 Å². The van der Waals surface area contributed by atoms with E-state index in [0.717, 1.165) is 0 Å². The van der Waals surface area contributed by atoms with Crippen LogP contribution in [0.3, 0.4) is 0 Å². The summed E-state index contributed by atoms with van der Waals surface area (Å²) in [6.07, 6.45) is 2.85. The number of anilines is 1. The Morgan fingerprint density at radius 3 is 2.48 bits per heavy atom. The molecule has 6 nitrogen and oxygen atoms in total. The second-order valence-electron chi connectivity index (χ2n) is 5.09. The minimum absolute atomic E-state index is 0.180. The number of carbonyl (C=O) groups is 1. The van der Waals surface area contributed by atoms with Gasteiger partial charge in [-0.2, -0.15) is 8.42 Å². The van der Waals surface area contributed by atoms with Crippen LogP contribution < -0.4 is 9.64 Å². The third-order valence-electron chi connectivity index (χ3n) is 3.51. The van der Waals surface area contributed by atoms with E-state index in [2.05, 4.69) is 4.98 Å². The number of hydrogen-bond donors (Lipinski definition) is 0. The average Bonchev–Trinajstić information content (AvgIpc) is 2.91. The van der Waals surface area contributed by atoms with Crippen LogP contribution in [0.5, 0.6) is 11.5 Å². The van der Waals surface area contributed by atoms with Crippen LogP contribution in [-0.2, 0) is 15.0 Å². The number of nitrogens with zero attached hydrogens (tertiary/aromatic N) is 2. The van der Waals surface area contributed by atoms with Crippen LogP contribution in [0.1, 0.15) is 6.42 Å². The van der Waals surface area contributed by atoms with Crippen molar-refractivity contribution in [3.63, 3.8) is 0 Å². The first-order valence-electron chi connectivity index (χ1n) is 6.85. The summed E-state index contributed by atoms with van der Waals surface area (Å²) >= 11 is 0. The van der Waals surface area contributed by atoms with E-state index in [1.165, 1.54) is 4.90 Å². The van der Waals surface area contributed by atoms with Gasteiger partial charge < -0.3 is 9.64 Å². The highest BCUT2D eigenvalue weighted by molar-refractivity contribution is 7.87. The first-order chi connectivity index (χ1) is 10.9. The first kappa shape index (κ1) is 15.4. The van der Waals surface area contributed by atoms with E-state index in [-0.39, 0.29) is 13.0 Å². The number of aromatic nitrogens is 1. The maximum absolute atomic E-state index is 13.0. The minimum Gasteiger partial charge on any atom is -0.456 e. The molecular formula is C15H13FN2O4S. The standard InChI is InChI=1S/C15H13FN2O4S/c16-23(20,21)14-8-15(19)18(10-14)11-3-5-12(6-4-11)22-13-2-1-7-17-9-13/h1-7,9,14H,8,10H2. The van der Waals surface area contributed by atoms with Crippen LogP contribution in [0.2, 0.25) is 0 Å². The van der Waals surface area contributed by atoms with Crippen molar-refractivity contribution in [2.45, 2.75) is 11.7 Å². The summed E-state index contributed by atoms with van der Waals surface area (Å²) in [5.74, 6) is 0.696. The molecule has 1 aromatic heterocycles. The molecule has 2 aromatic rings. The molecule has 1 aliphatic heterocycles. The van der Waals surface area contributed by atoms with Crippen LogP contribution in [0.4, 0.5) is 9.57 Å². The minimum atomic E-state index is -4.72. The predicted octanol–water partition coefficient (Wildman–Crippen LogP) is 2.28. The average molecular weight is 336 g/mol. The molecule has 1 saturated heterocycles. The van der Waals surface area contributed by atoms with Gasteiger partial charge in [0.1, 0.15) is 16.7 Å². The van der Waals surface area contributed by atoms with Gasteiger partial charge in [-0.1, -0.05) is 0 Å². The lowest BCUT2D eigenvalue weighted by molar-refractivity contribution is -0.117. The summed E-state index contributed by atoms with van der Waals surface area (Å²) in [6.45, 7) is -0.180. The number of amides is 1. The van der Waals surface area contributed by atoms with E-state index in [1.54, 1.807) is 48.8 Å². The molecule has 1 unspecified atom stereocenters. The third-order valence-corrected chi connectivity index (χ3v) is 4.62. The lowest BCUT2D eigenvalue weighted by Crippen LogP contribution is -2.26. The molecule has 1 aromatic carbocycles. The lowest BCUT2D eigenvalue weighted by Gasteiger charge is -2.16. The molecule has 120 valence electrons. The summed E-state index contributed by atoms with van der Waals surface area (Å²) in [4.78, 5) is 17.1. The fourth-order valence-electron chi connectivity index (χ4n) is 2.35. The van der Waals surface area contributed by atoms with Crippen LogP contribution in [0, 0.1) is 0 Å². The fraction of sp³-hybridized carbons (Fsp3) is 0.200. The topological polar surface area (TPSA) is 76.6 Å². The summed E-state index contributed by atoms with van der Waals surface area (Å²) in [5, 5.41) is -1.30. The van der Waals surface area contributed by atoms with Gasteiger partial charge in [0.05, 0.1) is 6.20 Å². The number of rotatable bonds is 4. The third kappa shape index (κ3) is 3.48. The molecule has 0 aliphatic carbocycles. The zero-order valence-corrected chi connectivity index (χ0v) is 12.7. The van der Waals surface area contributed by atoms with Crippen LogP contribution in [0.15, 0.2) is 48.8 Å². The fourth-order valence-corrected chi connectivity index (χ4v) is 3.02. The van der Waals surface area contributed by atoms with Gasteiger partial charge in [-0.3, -0.25) is 9.78 Å². The maximum atomic E-state index is 13.0. The number of pyridine rings is 1. The van der Waals surface area contributed by atoms with Crippen LogP contribution in [0.25, 0.3) is 0 Å². The molecule has 0 N–H and O–H groups in total. The van der Waals surface area contributed by atoms with E-state index >= 15 is 0 Å². The van der Waals surface area contributed by atoms with Gasteiger partial charge in [0.15, 0.2) is 0 Å². The summed E-state index contributed by atoms with van der Waals surface area (Å²) < 4.78 is 40.5. The molecule has 0 saturated carbocycles. The maximum Gasteiger partial charge on any atom is 0.307 e. The molecule has 2 heterocycles. The molecule has 1 amide bonds. The van der Waals surface area contributed by atoms with E-state index in [0.29, 0.717) is 17.2 Å². The smallest absolute Gasteiger partial charge is 0.307 e. The second kappa shape index (κ2) is 5.96. The Morgan fingerprint density at radius 1 is 1.17 bits per heavy atom. The van der Waals surface area contributed by atoms with E-state index in [9.17, 15) is 17.1 Å². The normalized spacial score (nSPS) is 18.2. The van der Waals surface area contributed by atoms with Gasteiger partial charge in [-0.15, -0.1) is 3.89 Å². The number of halogens is 1. The highest BCUT2D eigenvalue weighted by atomic mass is 32.3. The Balaban J connectivity index is 1.74. The van der Waals surface area contributed by atoms with Gasteiger partial charge in [-0.25, -0.2) is 0 Å². The van der Waals surface area contributed by atoms with Gasteiger partial charge in [0.25, 0.3) is 0 Å². The zero-order chi connectivity index (χ0) is 16.4. The van der Waals surface area contributed by atoms with Crippen LogP contribution >= 0.6 is 0 Å². The Morgan fingerprint density at radius 2 is 1.91 bits per heavy atom.